The number of ether oxygens (including phenoxy) is 1. The summed E-state index contributed by atoms with van der Waals surface area (Å²) in [6.07, 6.45) is 5.00. The molecule has 2 aromatic carbocycles. The highest BCUT2D eigenvalue weighted by atomic mass is 16.6. The van der Waals surface area contributed by atoms with E-state index in [0.29, 0.717) is 12.6 Å². The van der Waals surface area contributed by atoms with E-state index in [0.717, 1.165) is 35.1 Å². The minimum absolute atomic E-state index is 0.113. The van der Waals surface area contributed by atoms with Gasteiger partial charge in [0.1, 0.15) is 0 Å². The van der Waals surface area contributed by atoms with E-state index in [4.69, 9.17) is 4.74 Å². The van der Waals surface area contributed by atoms with E-state index < -0.39 is 0 Å². The van der Waals surface area contributed by atoms with Crippen molar-refractivity contribution in [1.29, 1.82) is 0 Å². The number of nitrogens with zero attached hydrogens (tertiary/aromatic N) is 3. The summed E-state index contributed by atoms with van der Waals surface area (Å²) in [6.45, 7) is 2.77. The molecule has 2 aliphatic rings. The topological polar surface area (TPSA) is 47.4 Å². The molecule has 5 rings (SSSR count). The van der Waals surface area contributed by atoms with E-state index in [9.17, 15) is 4.79 Å². The fourth-order valence-electron chi connectivity index (χ4n) is 4.56. The van der Waals surface area contributed by atoms with Crippen molar-refractivity contribution in [2.24, 2.45) is 0 Å². The van der Waals surface area contributed by atoms with Crippen LogP contribution in [0.5, 0.6) is 0 Å². The molecular formula is C23H23N3O2. The van der Waals surface area contributed by atoms with Gasteiger partial charge < -0.3 is 9.64 Å². The molecule has 1 aliphatic carbocycles. The average molecular weight is 373 g/mol. The molecule has 1 aliphatic heterocycles. The van der Waals surface area contributed by atoms with Crippen molar-refractivity contribution in [2.45, 2.75) is 38.0 Å². The summed E-state index contributed by atoms with van der Waals surface area (Å²) >= 11 is 0. The fraction of sp³-hybridized carbons (Fsp3) is 0.304. The standard InChI is InChI=1S/C23H23N3O2/c1-16-15-17(26-13-6-12-24-26)11-14-25(16)23(27)28-22-20-9-4-2-7-18(20)19-8-3-5-10-21(19)22/h2-10,12-13,16-17,22H,11,14-15H2,1H3. The molecule has 2 heterocycles. The molecule has 2 unspecified atom stereocenters. The van der Waals surface area contributed by atoms with Crippen LogP contribution < -0.4 is 0 Å². The van der Waals surface area contributed by atoms with E-state index in [1.165, 1.54) is 0 Å². The third kappa shape index (κ3) is 2.78. The van der Waals surface area contributed by atoms with Gasteiger partial charge in [0.15, 0.2) is 6.10 Å². The van der Waals surface area contributed by atoms with E-state index >= 15 is 0 Å². The van der Waals surface area contributed by atoms with E-state index in [-0.39, 0.29) is 18.2 Å². The predicted octanol–water partition coefficient (Wildman–Crippen LogP) is 4.82. The van der Waals surface area contributed by atoms with Crippen molar-refractivity contribution in [3.63, 3.8) is 0 Å². The molecule has 3 aromatic rings. The Morgan fingerprint density at radius 3 is 2.32 bits per heavy atom. The summed E-state index contributed by atoms with van der Waals surface area (Å²) in [5.41, 5.74) is 4.44. The normalized spacial score (nSPS) is 21.2. The van der Waals surface area contributed by atoms with Gasteiger partial charge in [0.25, 0.3) is 0 Å². The molecule has 5 heteroatoms. The second kappa shape index (κ2) is 6.82. The van der Waals surface area contributed by atoms with Gasteiger partial charge in [-0.3, -0.25) is 4.68 Å². The summed E-state index contributed by atoms with van der Waals surface area (Å²) < 4.78 is 8.07. The first-order valence-electron chi connectivity index (χ1n) is 9.87. The highest BCUT2D eigenvalue weighted by Crippen LogP contribution is 2.45. The van der Waals surface area contributed by atoms with Crippen molar-refractivity contribution in [3.05, 3.63) is 78.1 Å². The molecule has 1 saturated heterocycles. The Morgan fingerprint density at radius 2 is 1.71 bits per heavy atom. The van der Waals surface area contributed by atoms with Crippen LogP contribution in [-0.2, 0) is 4.74 Å². The van der Waals surface area contributed by atoms with Crippen LogP contribution in [0.3, 0.4) is 0 Å². The van der Waals surface area contributed by atoms with Crippen LogP contribution in [0.4, 0.5) is 4.79 Å². The van der Waals surface area contributed by atoms with Crippen molar-refractivity contribution >= 4 is 6.09 Å². The van der Waals surface area contributed by atoms with Gasteiger partial charge >= 0.3 is 6.09 Å². The number of hydrogen-bond acceptors (Lipinski definition) is 3. The SMILES string of the molecule is CC1CC(n2cccn2)CCN1C(=O)OC1c2ccccc2-c2ccccc21. The van der Waals surface area contributed by atoms with Crippen LogP contribution in [0.2, 0.25) is 0 Å². The zero-order valence-corrected chi connectivity index (χ0v) is 15.9. The lowest BCUT2D eigenvalue weighted by Gasteiger charge is -2.37. The maximum absolute atomic E-state index is 13.1. The number of carbonyl (C=O) groups excluding carboxylic acids is 1. The highest BCUT2D eigenvalue weighted by molar-refractivity contribution is 5.79. The van der Waals surface area contributed by atoms with E-state index in [1.54, 1.807) is 6.20 Å². The number of aromatic nitrogens is 2. The van der Waals surface area contributed by atoms with Crippen LogP contribution in [0, 0.1) is 0 Å². The molecule has 28 heavy (non-hydrogen) atoms. The van der Waals surface area contributed by atoms with Crippen LogP contribution in [0.25, 0.3) is 11.1 Å². The third-order valence-corrected chi connectivity index (χ3v) is 5.98. The Balaban J connectivity index is 1.35. The zero-order valence-electron chi connectivity index (χ0n) is 15.9. The molecule has 0 N–H and O–H groups in total. The van der Waals surface area contributed by atoms with Crippen LogP contribution in [0.15, 0.2) is 67.0 Å². The second-order valence-corrected chi connectivity index (χ2v) is 7.64. The summed E-state index contributed by atoms with van der Waals surface area (Å²) in [4.78, 5) is 14.9. The number of piperidine rings is 1. The van der Waals surface area contributed by atoms with Crippen LogP contribution in [0.1, 0.15) is 43.0 Å². The Hall–Kier alpha value is -3.08. The quantitative estimate of drug-likeness (QED) is 0.647. The summed E-state index contributed by atoms with van der Waals surface area (Å²) in [5, 5.41) is 4.36. The highest BCUT2D eigenvalue weighted by Gasteiger charge is 2.35. The lowest BCUT2D eigenvalue weighted by molar-refractivity contribution is 0.0490. The molecule has 1 fully saturated rings. The van der Waals surface area contributed by atoms with Crippen molar-refractivity contribution in [1.82, 2.24) is 14.7 Å². The Bertz CT molecular complexity index is 953. The smallest absolute Gasteiger partial charge is 0.410 e. The summed E-state index contributed by atoms with van der Waals surface area (Å²) in [5.74, 6) is 0. The van der Waals surface area contributed by atoms with Gasteiger partial charge in [-0.2, -0.15) is 5.10 Å². The first kappa shape index (κ1) is 17.0. The lowest BCUT2D eigenvalue weighted by Crippen LogP contribution is -2.45. The number of fused-ring (bicyclic) bond motifs is 3. The molecule has 1 amide bonds. The largest absolute Gasteiger partial charge is 0.436 e. The van der Waals surface area contributed by atoms with Gasteiger partial charge in [-0.1, -0.05) is 48.5 Å². The van der Waals surface area contributed by atoms with E-state index in [1.807, 2.05) is 46.1 Å². The molecule has 2 atom stereocenters. The third-order valence-electron chi connectivity index (χ3n) is 5.98. The van der Waals surface area contributed by atoms with Gasteiger partial charge in [-0.15, -0.1) is 0 Å². The molecule has 142 valence electrons. The van der Waals surface area contributed by atoms with Crippen molar-refractivity contribution in [3.8, 4) is 11.1 Å². The molecule has 5 nitrogen and oxygen atoms in total. The van der Waals surface area contributed by atoms with Crippen molar-refractivity contribution < 1.29 is 9.53 Å². The number of benzene rings is 2. The first-order chi connectivity index (χ1) is 13.7. The van der Waals surface area contributed by atoms with Gasteiger partial charge in [-0.05, 0) is 37.0 Å². The fourth-order valence-corrected chi connectivity index (χ4v) is 4.56. The number of carbonyl (C=O) groups is 1. The van der Waals surface area contributed by atoms with Gasteiger partial charge in [0, 0.05) is 36.1 Å². The minimum atomic E-state index is -0.337. The Kier molecular flexibility index (Phi) is 4.15. The predicted molar refractivity (Wildman–Crippen MR) is 107 cm³/mol. The number of hydrogen-bond donors (Lipinski definition) is 0. The van der Waals surface area contributed by atoms with Crippen LogP contribution in [-0.4, -0.2) is 33.4 Å². The molecule has 0 bridgehead atoms. The summed E-state index contributed by atoms with van der Waals surface area (Å²) in [7, 11) is 0. The minimum Gasteiger partial charge on any atom is -0.436 e. The number of amides is 1. The monoisotopic (exact) mass is 373 g/mol. The number of likely N-dealkylation sites (tertiary alicyclic amines) is 1. The summed E-state index contributed by atoms with van der Waals surface area (Å²) in [6, 6.07) is 18.8. The average Bonchev–Trinajstić information content (AvgIpc) is 3.36. The molecule has 0 saturated carbocycles. The molecule has 1 aromatic heterocycles. The van der Waals surface area contributed by atoms with Crippen LogP contribution >= 0.6 is 0 Å². The molecular weight excluding hydrogens is 350 g/mol. The Labute approximate surface area is 164 Å². The lowest BCUT2D eigenvalue weighted by atomic mass is 9.99. The maximum Gasteiger partial charge on any atom is 0.410 e. The molecule has 0 spiro atoms. The van der Waals surface area contributed by atoms with Gasteiger partial charge in [-0.25, -0.2) is 4.79 Å². The first-order valence-corrected chi connectivity index (χ1v) is 9.87. The van der Waals surface area contributed by atoms with Crippen molar-refractivity contribution in [2.75, 3.05) is 6.54 Å². The Morgan fingerprint density at radius 1 is 1.04 bits per heavy atom. The van der Waals surface area contributed by atoms with E-state index in [2.05, 4.69) is 36.3 Å². The van der Waals surface area contributed by atoms with Gasteiger partial charge in [0.2, 0.25) is 0 Å². The van der Waals surface area contributed by atoms with Gasteiger partial charge in [0.05, 0.1) is 6.04 Å². The number of rotatable bonds is 2. The maximum atomic E-state index is 13.1. The second-order valence-electron chi connectivity index (χ2n) is 7.64. The molecule has 0 radical (unpaired) electrons. The zero-order chi connectivity index (χ0) is 19.1.